The first-order valence-electron chi connectivity index (χ1n) is 5.12. The summed E-state index contributed by atoms with van der Waals surface area (Å²) < 4.78 is 34.1. The van der Waals surface area contributed by atoms with Crippen LogP contribution in [0, 0.1) is 0 Å². The fourth-order valence-corrected chi connectivity index (χ4v) is 1.24. The van der Waals surface area contributed by atoms with E-state index in [0.29, 0.717) is 5.56 Å². The quantitative estimate of drug-likeness (QED) is 0.224. The van der Waals surface area contributed by atoms with Gasteiger partial charge in [0.2, 0.25) is 0 Å². The number of phenolic OH excluding ortho intramolecular Hbond substituents is 2. The van der Waals surface area contributed by atoms with Crippen molar-refractivity contribution in [2.24, 2.45) is 0 Å². The van der Waals surface area contributed by atoms with Gasteiger partial charge in [-0.1, -0.05) is 6.07 Å². The van der Waals surface area contributed by atoms with E-state index in [1.54, 1.807) is 13.1 Å². The van der Waals surface area contributed by atoms with Crippen molar-refractivity contribution < 1.29 is 37.6 Å². The van der Waals surface area contributed by atoms with Crippen molar-refractivity contribution in [3.63, 3.8) is 0 Å². The van der Waals surface area contributed by atoms with Crippen molar-refractivity contribution in [3.8, 4) is 11.5 Å². The molecule has 0 aromatic heterocycles. The summed E-state index contributed by atoms with van der Waals surface area (Å²) >= 11 is 0. The number of carbonyl (C=O) groups is 1. The van der Waals surface area contributed by atoms with Crippen LogP contribution < -0.4 is 5.32 Å². The third kappa shape index (κ3) is 11.2. The predicted molar refractivity (Wildman–Crippen MR) is 70.2 cm³/mol. The normalized spacial score (nSPS) is 11.6. The molecular weight excluding hydrogens is 318 g/mol. The van der Waals surface area contributed by atoms with Gasteiger partial charge in [0.05, 0.1) is 0 Å². The second-order valence-corrected chi connectivity index (χ2v) is 4.43. The van der Waals surface area contributed by atoms with Crippen molar-refractivity contribution in [1.29, 1.82) is 0 Å². The number of carboxylic acid groups (broad SMARTS) is 1. The Morgan fingerprint density at radius 3 is 2.10 bits per heavy atom. The van der Waals surface area contributed by atoms with Crippen LogP contribution in [0.3, 0.4) is 0 Å². The molecule has 4 N–H and O–H groups in total. The monoisotopic (exact) mass is 331 g/mol. The zero-order chi connectivity index (χ0) is 15.9. The van der Waals surface area contributed by atoms with Crippen LogP contribution in [0.25, 0.3) is 0 Å². The molecule has 0 heterocycles. The zero-order valence-electron chi connectivity index (χ0n) is 11.0. The van der Waals surface area contributed by atoms with E-state index in [4.69, 9.17) is 27.7 Å². The zero-order valence-corrected chi connectivity index (χ0v) is 13.2. The van der Waals surface area contributed by atoms with Crippen molar-refractivity contribution in [2.45, 2.75) is 12.5 Å². The van der Waals surface area contributed by atoms with Gasteiger partial charge in [0.25, 0.3) is 0 Å². The van der Waals surface area contributed by atoms with E-state index in [9.17, 15) is 9.90 Å². The number of phenols is 2. The fourth-order valence-electron chi connectivity index (χ4n) is 1.24. The number of nitrogens with one attached hydrogen (secondary N) is 1. The summed E-state index contributed by atoms with van der Waals surface area (Å²) in [6, 6.07) is 3.55. The Morgan fingerprint density at radius 1 is 1.29 bits per heavy atom. The Kier molecular flexibility index (Phi) is 10.3. The van der Waals surface area contributed by atoms with E-state index in [1.165, 1.54) is 12.1 Å². The van der Waals surface area contributed by atoms with Crippen molar-refractivity contribution in [2.75, 3.05) is 7.05 Å². The molecule has 0 fully saturated rings. The molecule has 0 bridgehead atoms. The second-order valence-electron chi connectivity index (χ2n) is 3.61. The molecule has 1 rings (SSSR count). The SMILES string of the molecule is CN[C@@H](Cc1ccc(O)c(O)c1)C(=O)O.O=S(=O)([O-])[O-].[Mg+2]. The smallest absolute Gasteiger partial charge is 0.759 e. The maximum absolute atomic E-state index is 10.7. The minimum atomic E-state index is -5.17. The summed E-state index contributed by atoms with van der Waals surface area (Å²) in [5, 5.41) is 29.7. The van der Waals surface area contributed by atoms with Gasteiger partial charge in [-0.2, -0.15) is 0 Å². The minimum Gasteiger partial charge on any atom is -0.759 e. The number of hydrogen-bond donors (Lipinski definition) is 4. The van der Waals surface area contributed by atoms with Crippen molar-refractivity contribution >= 4 is 39.4 Å². The molecule has 0 aliphatic carbocycles. The van der Waals surface area contributed by atoms with E-state index in [-0.39, 0.29) is 41.0 Å². The number of aliphatic carboxylic acids is 1. The van der Waals surface area contributed by atoms with Crippen LogP contribution in [-0.4, -0.2) is 75.0 Å². The molecule has 0 spiro atoms. The van der Waals surface area contributed by atoms with E-state index in [0.717, 1.165) is 0 Å². The van der Waals surface area contributed by atoms with Gasteiger partial charge < -0.3 is 29.7 Å². The average Bonchev–Trinajstić information content (AvgIpc) is 2.28. The summed E-state index contributed by atoms with van der Waals surface area (Å²) in [6.45, 7) is 0. The van der Waals surface area contributed by atoms with Gasteiger partial charge in [-0.15, -0.1) is 0 Å². The summed E-state index contributed by atoms with van der Waals surface area (Å²) in [6.07, 6.45) is 0.250. The third-order valence-electron chi connectivity index (χ3n) is 2.13. The summed E-state index contributed by atoms with van der Waals surface area (Å²) in [4.78, 5) is 10.7. The maximum atomic E-state index is 10.7. The number of carboxylic acids is 1. The molecule has 114 valence electrons. The minimum absolute atomic E-state index is 0. The van der Waals surface area contributed by atoms with Crippen molar-refractivity contribution in [1.82, 2.24) is 5.32 Å². The van der Waals surface area contributed by atoms with Crippen LogP contribution in [0.5, 0.6) is 11.5 Å². The molecule has 1 aromatic rings. The van der Waals surface area contributed by atoms with Gasteiger partial charge in [-0.05, 0) is 31.2 Å². The first-order chi connectivity index (χ1) is 9.04. The van der Waals surface area contributed by atoms with Crippen LogP contribution in [0.4, 0.5) is 0 Å². The van der Waals surface area contributed by atoms with Gasteiger partial charge in [0.15, 0.2) is 11.5 Å². The van der Waals surface area contributed by atoms with E-state index in [1.807, 2.05) is 0 Å². The van der Waals surface area contributed by atoms with E-state index in [2.05, 4.69) is 5.32 Å². The van der Waals surface area contributed by atoms with Gasteiger partial charge in [0.1, 0.15) is 6.04 Å². The summed E-state index contributed by atoms with van der Waals surface area (Å²) in [5.41, 5.74) is 0.645. The fraction of sp³-hybridized carbons (Fsp3) is 0.300. The molecule has 0 unspecified atom stereocenters. The molecule has 0 amide bonds. The first-order valence-corrected chi connectivity index (χ1v) is 6.45. The summed E-state index contributed by atoms with van der Waals surface area (Å²) in [7, 11) is -3.61. The molecule has 0 aliphatic heterocycles. The van der Waals surface area contributed by atoms with Crippen LogP contribution in [0.2, 0.25) is 0 Å². The third-order valence-corrected chi connectivity index (χ3v) is 2.13. The number of aromatic hydroxyl groups is 2. The Hall–Kier alpha value is -1.11. The molecule has 1 atom stereocenters. The standard InChI is InChI=1S/C10H13NO4.Mg.H2O4S/c1-11-7(10(14)15)4-6-2-3-8(12)9(13)5-6;;1-5(2,3)4/h2-3,5,7,11-13H,4H2,1H3,(H,14,15);;(H2,1,2,3,4)/q;+2;/p-2/t7-;;/m0../s1. The molecule has 0 saturated heterocycles. The maximum Gasteiger partial charge on any atom is 2.00 e. The molecule has 0 aliphatic rings. The average molecular weight is 332 g/mol. The number of rotatable bonds is 4. The van der Waals surface area contributed by atoms with Gasteiger partial charge in [-0.3, -0.25) is 13.2 Å². The van der Waals surface area contributed by atoms with Gasteiger partial charge in [0, 0.05) is 10.4 Å². The summed E-state index contributed by atoms with van der Waals surface area (Å²) in [5.74, 6) is -1.41. The van der Waals surface area contributed by atoms with E-state index >= 15 is 0 Å². The van der Waals surface area contributed by atoms with Crippen LogP contribution in [0.1, 0.15) is 5.56 Å². The van der Waals surface area contributed by atoms with Gasteiger partial charge in [-0.25, -0.2) is 0 Å². The Balaban J connectivity index is 0. The Bertz CT molecular complexity index is 554. The predicted octanol–water partition coefficient (Wildman–Crippen LogP) is -1.41. The topological polar surface area (TPSA) is 170 Å². The van der Waals surface area contributed by atoms with Gasteiger partial charge >= 0.3 is 29.0 Å². The largest absolute Gasteiger partial charge is 2.00 e. The first kappa shape index (κ1) is 22.2. The molecule has 9 nitrogen and oxygen atoms in total. The van der Waals surface area contributed by atoms with Crippen molar-refractivity contribution in [3.05, 3.63) is 23.8 Å². The molecule has 0 saturated carbocycles. The van der Waals surface area contributed by atoms with Crippen LogP contribution in [-0.2, 0) is 21.6 Å². The molecule has 1 aromatic carbocycles. The number of likely N-dealkylation sites (N-methyl/N-ethyl adjacent to an activating group) is 1. The van der Waals surface area contributed by atoms with Crippen LogP contribution in [0.15, 0.2) is 18.2 Å². The second kappa shape index (κ2) is 9.76. The Morgan fingerprint density at radius 2 is 1.76 bits per heavy atom. The number of hydrogen-bond acceptors (Lipinski definition) is 8. The Labute approximate surface area is 137 Å². The number of benzene rings is 1. The molecule has 21 heavy (non-hydrogen) atoms. The molecular formula is C10H13MgNO8S. The van der Waals surface area contributed by atoms with E-state index < -0.39 is 22.4 Å². The molecule has 0 radical (unpaired) electrons. The molecule has 11 heteroatoms. The van der Waals surface area contributed by atoms with Crippen LogP contribution >= 0.6 is 0 Å².